The molecule has 1 aliphatic heterocycles. The highest BCUT2D eigenvalue weighted by molar-refractivity contribution is 5.82. The predicted molar refractivity (Wildman–Crippen MR) is 78.0 cm³/mol. The van der Waals surface area contributed by atoms with Gasteiger partial charge in [-0.15, -0.1) is 0 Å². The van der Waals surface area contributed by atoms with Crippen LogP contribution in [0.2, 0.25) is 0 Å². The van der Waals surface area contributed by atoms with E-state index in [9.17, 15) is 9.59 Å². The first-order valence-corrected chi connectivity index (χ1v) is 7.75. The first-order valence-electron chi connectivity index (χ1n) is 7.75. The normalized spacial score (nSPS) is 24.6. The Balaban J connectivity index is 2.00. The molecule has 5 heteroatoms. The second-order valence-electron chi connectivity index (χ2n) is 6.51. The molecule has 2 fully saturated rings. The molecule has 2 atom stereocenters. The molecule has 114 valence electrons. The third kappa shape index (κ3) is 3.32. The van der Waals surface area contributed by atoms with E-state index in [2.05, 4.69) is 0 Å². The SMILES string of the molecule is CC(=O)N(C1CC1)[C@H]1CCCN(C(=O)[C@@H](N)C(C)C)C1. The van der Waals surface area contributed by atoms with Crippen LogP contribution in [-0.2, 0) is 9.59 Å². The van der Waals surface area contributed by atoms with Crippen molar-refractivity contribution in [1.82, 2.24) is 9.80 Å². The highest BCUT2D eigenvalue weighted by atomic mass is 16.2. The third-order valence-electron chi connectivity index (χ3n) is 4.41. The van der Waals surface area contributed by atoms with E-state index in [-0.39, 0.29) is 23.8 Å². The van der Waals surface area contributed by atoms with Crippen molar-refractivity contribution in [1.29, 1.82) is 0 Å². The van der Waals surface area contributed by atoms with E-state index in [4.69, 9.17) is 5.73 Å². The van der Waals surface area contributed by atoms with Gasteiger partial charge in [0.25, 0.3) is 0 Å². The fraction of sp³-hybridized carbons (Fsp3) is 0.867. The summed E-state index contributed by atoms with van der Waals surface area (Å²) >= 11 is 0. The van der Waals surface area contributed by atoms with E-state index >= 15 is 0 Å². The van der Waals surface area contributed by atoms with Gasteiger partial charge in [0, 0.05) is 32.1 Å². The number of likely N-dealkylation sites (tertiary alicyclic amines) is 1. The Morgan fingerprint density at radius 3 is 2.35 bits per heavy atom. The van der Waals surface area contributed by atoms with Gasteiger partial charge in [-0.2, -0.15) is 0 Å². The van der Waals surface area contributed by atoms with Crippen LogP contribution in [0.15, 0.2) is 0 Å². The van der Waals surface area contributed by atoms with Crippen molar-refractivity contribution in [2.75, 3.05) is 13.1 Å². The number of hydrogen-bond acceptors (Lipinski definition) is 3. The maximum atomic E-state index is 12.4. The molecule has 2 aliphatic rings. The number of amides is 2. The van der Waals surface area contributed by atoms with E-state index in [0.29, 0.717) is 12.6 Å². The van der Waals surface area contributed by atoms with E-state index in [0.717, 1.165) is 32.2 Å². The molecule has 1 aliphatic carbocycles. The van der Waals surface area contributed by atoms with E-state index < -0.39 is 6.04 Å². The minimum Gasteiger partial charge on any atom is -0.339 e. The molecule has 0 aromatic carbocycles. The summed E-state index contributed by atoms with van der Waals surface area (Å²) in [6.45, 7) is 6.99. The van der Waals surface area contributed by atoms with Crippen LogP contribution < -0.4 is 5.73 Å². The molecule has 2 amide bonds. The van der Waals surface area contributed by atoms with Crippen LogP contribution >= 0.6 is 0 Å². The average Bonchev–Trinajstić information content (AvgIpc) is 3.21. The molecule has 0 aromatic heterocycles. The molecule has 0 radical (unpaired) electrons. The molecule has 1 heterocycles. The number of rotatable bonds is 4. The first-order chi connectivity index (χ1) is 9.41. The fourth-order valence-electron chi connectivity index (χ4n) is 3.04. The second-order valence-corrected chi connectivity index (χ2v) is 6.51. The van der Waals surface area contributed by atoms with E-state index in [1.807, 2.05) is 23.6 Å². The van der Waals surface area contributed by atoms with Crippen molar-refractivity contribution in [3.05, 3.63) is 0 Å². The standard InChI is InChI=1S/C15H27N3O2/c1-10(2)14(16)15(20)17-8-4-5-13(9-17)18(11(3)19)12-6-7-12/h10,12-14H,4-9,16H2,1-3H3/t13-,14-/m0/s1. The van der Waals surface area contributed by atoms with Gasteiger partial charge < -0.3 is 15.5 Å². The van der Waals surface area contributed by atoms with Gasteiger partial charge >= 0.3 is 0 Å². The third-order valence-corrected chi connectivity index (χ3v) is 4.41. The minimum absolute atomic E-state index is 0.0315. The summed E-state index contributed by atoms with van der Waals surface area (Å²) in [6, 6.07) is 0.156. The number of carbonyl (C=O) groups is 2. The number of carbonyl (C=O) groups excluding carboxylic acids is 2. The Hall–Kier alpha value is -1.10. The Labute approximate surface area is 121 Å². The van der Waals surface area contributed by atoms with Gasteiger partial charge in [0.05, 0.1) is 6.04 Å². The van der Waals surface area contributed by atoms with Crippen LogP contribution in [0.4, 0.5) is 0 Å². The summed E-state index contributed by atoms with van der Waals surface area (Å²) in [7, 11) is 0. The van der Waals surface area contributed by atoms with E-state index in [1.54, 1.807) is 6.92 Å². The van der Waals surface area contributed by atoms with Crippen molar-refractivity contribution in [2.24, 2.45) is 11.7 Å². The molecule has 1 saturated heterocycles. The zero-order valence-corrected chi connectivity index (χ0v) is 12.8. The quantitative estimate of drug-likeness (QED) is 0.835. The minimum atomic E-state index is -0.430. The molecule has 0 aromatic rings. The lowest BCUT2D eigenvalue weighted by Crippen LogP contribution is -2.55. The molecule has 20 heavy (non-hydrogen) atoms. The van der Waals surface area contributed by atoms with E-state index in [1.165, 1.54) is 0 Å². The van der Waals surface area contributed by atoms with Gasteiger partial charge in [-0.3, -0.25) is 9.59 Å². The number of piperidine rings is 1. The zero-order valence-electron chi connectivity index (χ0n) is 12.8. The van der Waals surface area contributed by atoms with Crippen molar-refractivity contribution in [3.8, 4) is 0 Å². The van der Waals surface area contributed by atoms with Gasteiger partial charge in [0.2, 0.25) is 11.8 Å². The molecule has 2 rings (SSSR count). The lowest BCUT2D eigenvalue weighted by molar-refractivity contribution is -0.140. The van der Waals surface area contributed by atoms with Gasteiger partial charge in [0.15, 0.2) is 0 Å². The highest BCUT2D eigenvalue weighted by Crippen LogP contribution is 2.31. The lowest BCUT2D eigenvalue weighted by Gasteiger charge is -2.40. The number of nitrogens with two attached hydrogens (primary N) is 1. The van der Waals surface area contributed by atoms with Crippen LogP contribution in [0.25, 0.3) is 0 Å². The van der Waals surface area contributed by atoms with Crippen LogP contribution in [0, 0.1) is 5.92 Å². The maximum absolute atomic E-state index is 12.4. The number of nitrogens with zero attached hydrogens (tertiary/aromatic N) is 2. The Bertz CT molecular complexity index is 379. The van der Waals surface area contributed by atoms with Crippen LogP contribution in [0.3, 0.4) is 0 Å². The van der Waals surface area contributed by atoms with Crippen molar-refractivity contribution in [2.45, 2.75) is 64.6 Å². The van der Waals surface area contributed by atoms with Gasteiger partial charge in [-0.05, 0) is 31.6 Å². The maximum Gasteiger partial charge on any atom is 0.239 e. The molecular weight excluding hydrogens is 254 g/mol. The van der Waals surface area contributed by atoms with Crippen molar-refractivity contribution >= 4 is 11.8 Å². The Morgan fingerprint density at radius 1 is 1.20 bits per heavy atom. The summed E-state index contributed by atoms with van der Waals surface area (Å²) in [5, 5.41) is 0. The topological polar surface area (TPSA) is 66.6 Å². The molecule has 0 bridgehead atoms. The summed E-state index contributed by atoms with van der Waals surface area (Å²) < 4.78 is 0. The first kappa shape index (κ1) is 15.3. The summed E-state index contributed by atoms with van der Waals surface area (Å²) in [5.41, 5.74) is 5.97. The average molecular weight is 281 g/mol. The second kappa shape index (κ2) is 6.12. The van der Waals surface area contributed by atoms with Crippen LogP contribution in [0.5, 0.6) is 0 Å². The zero-order chi connectivity index (χ0) is 14.9. The predicted octanol–water partition coefficient (Wildman–Crippen LogP) is 0.972. The number of hydrogen-bond donors (Lipinski definition) is 1. The summed E-state index contributed by atoms with van der Waals surface area (Å²) in [6.07, 6.45) is 4.17. The molecular formula is C15H27N3O2. The van der Waals surface area contributed by atoms with Gasteiger partial charge in [-0.25, -0.2) is 0 Å². The Kier molecular flexibility index (Phi) is 4.68. The highest BCUT2D eigenvalue weighted by Gasteiger charge is 2.38. The van der Waals surface area contributed by atoms with Crippen LogP contribution in [0.1, 0.15) is 46.5 Å². The molecule has 0 unspecified atom stereocenters. The largest absolute Gasteiger partial charge is 0.339 e. The van der Waals surface area contributed by atoms with Gasteiger partial charge in [0.1, 0.15) is 0 Å². The smallest absolute Gasteiger partial charge is 0.239 e. The fourth-order valence-corrected chi connectivity index (χ4v) is 3.04. The molecule has 2 N–H and O–H groups in total. The van der Waals surface area contributed by atoms with Crippen LogP contribution in [-0.4, -0.2) is 52.8 Å². The monoisotopic (exact) mass is 281 g/mol. The summed E-state index contributed by atoms with van der Waals surface area (Å²) in [5.74, 6) is 0.319. The molecule has 1 saturated carbocycles. The van der Waals surface area contributed by atoms with Gasteiger partial charge in [-0.1, -0.05) is 13.8 Å². The summed E-state index contributed by atoms with van der Waals surface area (Å²) in [4.78, 5) is 28.1. The molecule has 0 spiro atoms. The Morgan fingerprint density at radius 2 is 1.85 bits per heavy atom. The van der Waals surface area contributed by atoms with Crippen molar-refractivity contribution < 1.29 is 9.59 Å². The lowest BCUT2D eigenvalue weighted by atomic mass is 9.99. The molecule has 5 nitrogen and oxygen atoms in total. The van der Waals surface area contributed by atoms with Crippen molar-refractivity contribution in [3.63, 3.8) is 0 Å².